The van der Waals surface area contributed by atoms with Gasteiger partial charge in [0.25, 0.3) is 0 Å². The van der Waals surface area contributed by atoms with E-state index < -0.39 is 0 Å². The van der Waals surface area contributed by atoms with Crippen LogP contribution in [0.4, 0.5) is 0 Å². The highest BCUT2D eigenvalue weighted by molar-refractivity contribution is 7.99. The first-order chi connectivity index (χ1) is 12.8. The average molecular weight is 366 g/mol. The summed E-state index contributed by atoms with van der Waals surface area (Å²) in [6.07, 6.45) is 6.15. The van der Waals surface area contributed by atoms with Gasteiger partial charge in [-0.2, -0.15) is 0 Å². The number of aromatic nitrogens is 2. The maximum Gasteiger partial charge on any atom is 0.168 e. The van der Waals surface area contributed by atoms with Gasteiger partial charge >= 0.3 is 0 Å². The fourth-order valence-corrected chi connectivity index (χ4v) is 3.36. The number of benzene rings is 2. The van der Waals surface area contributed by atoms with Crippen LogP contribution in [0.2, 0.25) is 0 Å². The predicted molar refractivity (Wildman–Crippen MR) is 106 cm³/mol. The van der Waals surface area contributed by atoms with Gasteiger partial charge in [-0.3, -0.25) is 0 Å². The Kier molecular flexibility index (Phi) is 6.52. The maximum atomic E-state index is 9.41. The lowest BCUT2D eigenvalue weighted by molar-refractivity contribution is 0.277. The number of aliphatic hydroxyl groups is 1. The lowest BCUT2D eigenvalue weighted by Crippen LogP contribution is -2.00. The molecule has 0 saturated carbocycles. The summed E-state index contributed by atoms with van der Waals surface area (Å²) in [4.78, 5) is 4.52. The average Bonchev–Trinajstić information content (AvgIpc) is 3.08. The van der Waals surface area contributed by atoms with E-state index in [0.29, 0.717) is 12.2 Å². The molecule has 26 heavy (non-hydrogen) atoms. The number of aliphatic hydroxyl groups excluding tert-OH is 1. The molecule has 2 aromatic carbocycles. The number of thioether (sulfide) groups is 1. The quantitative estimate of drug-likeness (QED) is 0.606. The third kappa shape index (κ3) is 5.00. The molecule has 0 bridgehead atoms. The van der Waals surface area contributed by atoms with Crippen LogP contribution in [-0.4, -0.2) is 27.5 Å². The molecule has 3 aromatic rings. The van der Waals surface area contributed by atoms with Gasteiger partial charge in [-0.05, 0) is 23.3 Å². The molecule has 0 fully saturated rings. The van der Waals surface area contributed by atoms with Crippen LogP contribution in [0.5, 0.6) is 5.75 Å². The second-order valence-electron chi connectivity index (χ2n) is 5.77. The molecule has 3 rings (SSSR count). The van der Waals surface area contributed by atoms with E-state index in [9.17, 15) is 5.11 Å². The topological polar surface area (TPSA) is 47.3 Å². The molecule has 0 aliphatic rings. The van der Waals surface area contributed by atoms with Crippen molar-refractivity contribution in [1.82, 2.24) is 9.55 Å². The zero-order valence-corrected chi connectivity index (χ0v) is 15.5. The molecule has 134 valence electrons. The van der Waals surface area contributed by atoms with Gasteiger partial charge < -0.3 is 14.4 Å². The normalized spacial score (nSPS) is 11.2. The summed E-state index contributed by atoms with van der Waals surface area (Å²) >= 11 is 1.66. The molecule has 5 heteroatoms. The van der Waals surface area contributed by atoms with E-state index in [1.165, 1.54) is 5.56 Å². The fourth-order valence-electron chi connectivity index (χ4n) is 2.55. The fraction of sp³-hybridized carbons (Fsp3) is 0.190. The Hall–Kier alpha value is -2.50. The monoisotopic (exact) mass is 366 g/mol. The van der Waals surface area contributed by atoms with Crippen molar-refractivity contribution in [2.24, 2.45) is 0 Å². The van der Waals surface area contributed by atoms with E-state index in [1.54, 1.807) is 18.9 Å². The number of rotatable bonds is 8. The van der Waals surface area contributed by atoms with E-state index in [2.05, 4.69) is 33.8 Å². The summed E-state index contributed by atoms with van der Waals surface area (Å²) in [6, 6.07) is 18.2. The van der Waals surface area contributed by atoms with Gasteiger partial charge in [0.2, 0.25) is 0 Å². The summed E-state index contributed by atoms with van der Waals surface area (Å²) in [6.45, 7) is 0.657. The number of hydrogen-bond donors (Lipinski definition) is 1. The SMILES string of the molecule is COc1ccc(Cn2cc(CO)nc2SC/C=C/c2ccccc2)cc1. The molecule has 0 unspecified atom stereocenters. The molecule has 0 spiro atoms. The number of methoxy groups -OCH3 is 1. The van der Waals surface area contributed by atoms with E-state index in [4.69, 9.17) is 4.74 Å². The number of ether oxygens (including phenoxy) is 1. The Morgan fingerprint density at radius 1 is 1.12 bits per heavy atom. The van der Waals surface area contributed by atoms with Crippen LogP contribution in [0, 0.1) is 0 Å². The Morgan fingerprint density at radius 3 is 2.58 bits per heavy atom. The predicted octanol–water partition coefficient (Wildman–Crippen LogP) is 4.24. The number of hydrogen-bond acceptors (Lipinski definition) is 4. The van der Waals surface area contributed by atoms with Crippen LogP contribution in [0.1, 0.15) is 16.8 Å². The van der Waals surface area contributed by atoms with Crippen molar-refractivity contribution in [2.45, 2.75) is 18.3 Å². The van der Waals surface area contributed by atoms with Crippen molar-refractivity contribution in [3.8, 4) is 5.75 Å². The summed E-state index contributed by atoms with van der Waals surface area (Å²) < 4.78 is 7.28. The van der Waals surface area contributed by atoms with Gasteiger partial charge in [0, 0.05) is 18.5 Å². The third-order valence-corrected chi connectivity index (χ3v) is 4.83. The van der Waals surface area contributed by atoms with Crippen molar-refractivity contribution in [2.75, 3.05) is 12.9 Å². The Balaban J connectivity index is 1.66. The molecule has 0 atom stereocenters. The van der Waals surface area contributed by atoms with Gasteiger partial charge in [-0.15, -0.1) is 0 Å². The second-order valence-corrected chi connectivity index (χ2v) is 6.76. The molecule has 1 heterocycles. The maximum absolute atomic E-state index is 9.41. The van der Waals surface area contributed by atoms with Crippen molar-refractivity contribution >= 4 is 17.8 Å². The van der Waals surface area contributed by atoms with Crippen LogP contribution in [0.3, 0.4) is 0 Å². The van der Waals surface area contributed by atoms with Gasteiger partial charge in [0.05, 0.1) is 19.4 Å². The van der Waals surface area contributed by atoms with Gasteiger partial charge in [0.1, 0.15) is 5.75 Å². The zero-order chi connectivity index (χ0) is 18.2. The van der Waals surface area contributed by atoms with Crippen molar-refractivity contribution in [3.05, 3.63) is 83.7 Å². The van der Waals surface area contributed by atoms with Gasteiger partial charge in [-0.25, -0.2) is 4.98 Å². The molecule has 0 aliphatic heterocycles. The van der Waals surface area contributed by atoms with E-state index in [-0.39, 0.29) is 6.61 Å². The lowest BCUT2D eigenvalue weighted by Gasteiger charge is -2.07. The zero-order valence-electron chi connectivity index (χ0n) is 14.7. The first-order valence-corrected chi connectivity index (χ1v) is 9.41. The standard InChI is InChI=1S/C21H22N2O2S/c1-25-20-11-9-18(10-12-20)14-23-15-19(16-24)22-21(23)26-13-5-8-17-6-3-2-4-7-17/h2-12,15,24H,13-14,16H2,1H3/b8-5+. The summed E-state index contributed by atoms with van der Waals surface area (Å²) in [5, 5.41) is 10.3. The third-order valence-electron chi connectivity index (χ3n) is 3.88. The van der Waals surface area contributed by atoms with E-state index >= 15 is 0 Å². The van der Waals surface area contributed by atoms with Gasteiger partial charge in [-0.1, -0.05) is 66.4 Å². The van der Waals surface area contributed by atoms with Crippen molar-refractivity contribution < 1.29 is 9.84 Å². The van der Waals surface area contributed by atoms with Crippen molar-refractivity contribution in [3.63, 3.8) is 0 Å². The van der Waals surface area contributed by atoms with Crippen LogP contribution in [-0.2, 0) is 13.2 Å². The minimum atomic E-state index is -0.0526. The van der Waals surface area contributed by atoms with Crippen molar-refractivity contribution in [1.29, 1.82) is 0 Å². The first-order valence-electron chi connectivity index (χ1n) is 8.42. The molecule has 1 aromatic heterocycles. The molecule has 0 amide bonds. The summed E-state index contributed by atoms with van der Waals surface area (Å²) in [7, 11) is 1.66. The summed E-state index contributed by atoms with van der Waals surface area (Å²) in [5.74, 6) is 1.66. The Labute approximate surface area is 158 Å². The van der Waals surface area contributed by atoms with Crippen LogP contribution < -0.4 is 4.74 Å². The first kappa shape index (κ1) is 18.3. The number of imidazole rings is 1. The van der Waals surface area contributed by atoms with E-state index in [1.807, 2.05) is 48.7 Å². The molecule has 0 aliphatic carbocycles. The van der Waals surface area contributed by atoms with Crippen LogP contribution in [0.15, 0.2) is 72.0 Å². The lowest BCUT2D eigenvalue weighted by atomic mass is 10.2. The van der Waals surface area contributed by atoms with Crippen LogP contribution >= 0.6 is 11.8 Å². The van der Waals surface area contributed by atoms with E-state index in [0.717, 1.165) is 22.2 Å². The minimum absolute atomic E-state index is 0.0526. The Morgan fingerprint density at radius 2 is 1.88 bits per heavy atom. The van der Waals surface area contributed by atoms with Gasteiger partial charge in [0.15, 0.2) is 5.16 Å². The number of nitrogens with zero attached hydrogens (tertiary/aromatic N) is 2. The highest BCUT2D eigenvalue weighted by Gasteiger charge is 2.08. The van der Waals surface area contributed by atoms with Crippen LogP contribution in [0.25, 0.3) is 6.08 Å². The molecule has 4 nitrogen and oxygen atoms in total. The highest BCUT2D eigenvalue weighted by Crippen LogP contribution is 2.21. The molecule has 0 saturated heterocycles. The largest absolute Gasteiger partial charge is 0.497 e. The highest BCUT2D eigenvalue weighted by atomic mass is 32.2. The second kappa shape index (κ2) is 9.27. The summed E-state index contributed by atoms with van der Waals surface area (Å²) in [5.41, 5.74) is 3.04. The Bertz CT molecular complexity index is 842. The molecule has 0 radical (unpaired) electrons. The molecular formula is C21H22N2O2S. The minimum Gasteiger partial charge on any atom is -0.497 e. The molecular weight excluding hydrogens is 344 g/mol. The molecule has 1 N–H and O–H groups in total. The smallest absolute Gasteiger partial charge is 0.168 e.